The molecule has 4 nitrogen and oxygen atoms in total. The number of aromatic nitrogens is 2. The summed E-state index contributed by atoms with van der Waals surface area (Å²) in [6.07, 6.45) is 0.153. The number of carbonyl (C=O) groups is 1. The van der Waals surface area contributed by atoms with Crippen LogP contribution in [-0.2, 0) is 17.8 Å². The molecule has 0 bridgehead atoms. The molecule has 0 aliphatic heterocycles. The van der Waals surface area contributed by atoms with E-state index in [4.69, 9.17) is 34.8 Å². The van der Waals surface area contributed by atoms with Gasteiger partial charge in [0.1, 0.15) is 5.82 Å². The molecule has 3 rings (SSSR count). The minimum atomic E-state index is -0.147. The van der Waals surface area contributed by atoms with E-state index in [0.29, 0.717) is 27.4 Å². The van der Waals surface area contributed by atoms with E-state index in [2.05, 4.69) is 15.3 Å². The normalized spacial score (nSPS) is 10.9. The second kappa shape index (κ2) is 6.79. The van der Waals surface area contributed by atoms with Gasteiger partial charge in [-0.05, 0) is 42.0 Å². The first kappa shape index (κ1) is 16.1. The Kier molecular flexibility index (Phi) is 4.76. The van der Waals surface area contributed by atoms with Crippen LogP contribution in [0.2, 0.25) is 15.1 Å². The largest absolute Gasteiger partial charge is 0.352 e. The molecule has 1 amide bonds. The summed E-state index contributed by atoms with van der Waals surface area (Å²) in [4.78, 5) is 19.5. The maximum atomic E-state index is 12.0. The van der Waals surface area contributed by atoms with Crippen LogP contribution in [0.5, 0.6) is 0 Å². The summed E-state index contributed by atoms with van der Waals surface area (Å²) in [6.45, 7) is 0.352. The van der Waals surface area contributed by atoms with E-state index in [9.17, 15) is 4.79 Å². The van der Waals surface area contributed by atoms with Crippen molar-refractivity contribution in [3.8, 4) is 0 Å². The lowest BCUT2D eigenvalue weighted by Crippen LogP contribution is -2.25. The lowest BCUT2D eigenvalue weighted by atomic mass is 10.2. The SMILES string of the molecule is O=C(Cc1nc2cc(Cl)ccc2[nH]1)NCc1cc(Cl)cc(Cl)c1. The van der Waals surface area contributed by atoms with Gasteiger partial charge in [0.25, 0.3) is 0 Å². The molecule has 0 fully saturated rings. The molecule has 23 heavy (non-hydrogen) atoms. The number of fused-ring (bicyclic) bond motifs is 1. The molecule has 0 unspecified atom stereocenters. The van der Waals surface area contributed by atoms with Gasteiger partial charge in [0.15, 0.2) is 0 Å². The number of benzene rings is 2. The topological polar surface area (TPSA) is 57.8 Å². The van der Waals surface area contributed by atoms with Crippen LogP contribution in [0, 0.1) is 0 Å². The number of nitrogens with one attached hydrogen (secondary N) is 2. The van der Waals surface area contributed by atoms with Gasteiger partial charge in [-0.1, -0.05) is 34.8 Å². The standard InChI is InChI=1S/C16H12Cl3N3O/c17-10-1-2-13-14(6-10)22-15(21-13)7-16(23)20-8-9-3-11(18)5-12(19)4-9/h1-6H,7-8H2,(H,20,23)(H,21,22). The van der Waals surface area contributed by atoms with Gasteiger partial charge in [0.05, 0.1) is 17.5 Å². The number of halogens is 3. The van der Waals surface area contributed by atoms with Crippen LogP contribution in [-0.4, -0.2) is 15.9 Å². The molecule has 0 saturated heterocycles. The van der Waals surface area contributed by atoms with Gasteiger partial charge in [0.2, 0.25) is 5.91 Å². The van der Waals surface area contributed by atoms with Crippen molar-refractivity contribution in [2.75, 3.05) is 0 Å². The maximum absolute atomic E-state index is 12.0. The molecule has 0 saturated carbocycles. The first-order chi connectivity index (χ1) is 11.0. The molecule has 2 N–H and O–H groups in total. The fourth-order valence-electron chi connectivity index (χ4n) is 2.24. The van der Waals surface area contributed by atoms with Crippen LogP contribution < -0.4 is 5.32 Å². The highest BCUT2D eigenvalue weighted by Gasteiger charge is 2.09. The number of imidazole rings is 1. The number of hydrogen-bond acceptors (Lipinski definition) is 2. The van der Waals surface area contributed by atoms with Gasteiger partial charge in [-0.3, -0.25) is 4.79 Å². The molecule has 3 aromatic rings. The van der Waals surface area contributed by atoms with E-state index in [1.807, 2.05) is 6.07 Å². The van der Waals surface area contributed by atoms with E-state index < -0.39 is 0 Å². The van der Waals surface area contributed by atoms with Crippen molar-refractivity contribution in [1.82, 2.24) is 15.3 Å². The van der Waals surface area contributed by atoms with Crippen LogP contribution in [0.3, 0.4) is 0 Å². The molecule has 118 valence electrons. The van der Waals surface area contributed by atoms with Gasteiger partial charge in [-0.2, -0.15) is 0 Å². The third-order valence-electron chi connectivity index (χ3n) is 3.23. The summed E-state index contributed by atoms with van der Waals surface area (Å²) in [6, 6.07) is 10.5. The molecular formula is C16H12Cl3N3O. The monoisotopic (exact) mass is 367 g/mol. The molecule has 0 radical (unpaired) electrons. The Labute approximate surface area is 147 Å². The van der Waals surface area contributed by atoms with Crippen LogP contribution >= 0.6 is 34.8 Å². The molecule has 2 aromatic carbocycles. The zero-order valence-corrected chi connectivity index (χ0v) is 14.1. The van der Waals surface area contributed by atoms with Crippen LogP contribution in [0.1, 0.15) is 11.4 Å². The highest BCUT2D eigenvalue weighted by molar-refractivity contribution is 6.34. The Hall–Kier alpha value is -1.75. The molecule has 0 atom stereocenters. The summed E-state index contributed by atoms with van der Waals surface area (Å²) in [7, 11) is 0. The second-order valence-electron chi connectivity index (χ2n) is 5.08. The Morgan fingerprint density at radius 2 is 1.78 bits per heavy atom. The fraction of sp³-hybridized carbons (Fsp3) is 0.125. The minimum Gasteiger partial charge on any atom is -0.352 e. The highest BCUT2D eigenvalue weighted by atomic mass is 35.5. The molecule has 7 heteroatoms. The van der Waals surface area contributed by atoms with E-state index in [-0.39, 0.29) is 12.3 Å². The molecule has 0 aliphatic carbocycles. The second-order valence-corrected chi connectivity index (χ2v) is 6.39. The average Bonchev–Trinajstić information content (AvgIpc) is 2.85. The zero-order chi connectivity index (χ0) is 16.4. The fourth-order valence-corrected chi connectivity index (χ4v) is 2.98. The first-order valence-corrected chi connectivity index (χ1v) is 7.99. The number of H-pyrrole nitrogens is 1. The number of aromatic amines is 1. The molecule has 1 heterocycles. The lowest BCUT2D eigenvalue weighted by Gasteiger charge is -2.05. The van der Waals surface area contributed by atoms with E-state index in [1.54, 1.807) is 30.3 Å². The van der Waals surface area contributed by atoms with Gasteiger partial charge in [-0.25, -0.2) is 4.98 Å². The van der Waals surface area contributed by atoms with Crippen molar-refractivity contribution < 1.29 is 4.79 Å². The smallest absolute Gasteiger partial charge is 0.227 e. The number of nitrogens with zero attached hydrogens (tertiary/aromatic N) is 1. The molecule has 0 aliphatic rings. The van der Waals surface area contributed by atoms with Crippen LogP contribution in [0.25, 0.3) is 11.0 Å². The minimum absolute atomic E-state index is 0.147. The van der Waals surface area contributed by atoms with E-state index in [0.717, 1.165) is 16.6 Å². The zero-order valence-electron chi connectivity index (χ0n) is 11.9. The van der Waals surface area contributed by atoms with Crippen molar-refractivity contribution in [2.24, 2.45) is 0 Å². The Morgan fingerprint density at radius 1 is 1.04 bits per heavy atom. The number of rotatable bonds is 4. The number of hydrogen-bond donors (Lipinski definition) is 2. The quantitative estimate of drug-likeness (QED) is 0.718. The lowest BCUT2D eigenvalue weighted by molar-refractivity contribution is -0.120. The van der Waals surface area contributed by atoms with E-state index >= 15 is 0 Å². The third-order valence-corrected chi connectivity index (χ3v) is 3.91. The van der Waals surface area contributed by atoms with Crippen molar-refractivity contribution in [3.63, 3.8) is 0 Å². The summed E-state index contributed by atoms with van der Waals surface area (Å²) in [5, 5.41) is 4.50. The van der Waals surface area contributed by atoms with E-state index in [1.165, 1.54) is 0 Å². The third kappa shape index (κ3) is 4.16. The van der Waals surface area contributed by atoms with Crippen molar-refractivity contribution in [3.05, 3.63) is 62.9 Å². The van der Waals surface area contributed by atoms with Gasteiger partial charge >= 0.3 is 0 Å². The predicted molar refractivity (Wildman–Crippen MR) is 93.1 cm³/mol. The molecule has 1 aromatic heterocycles. The van der Waals surface area contributed by atoms with Crippen molar-refractivity contribution in [1.29, 1.82) is 0 Å². The van der Waals surface area contributed by atoms with Crippen LogP contribution in [0.15, 0.2) is 36.4 Å². The first-order valence-electron chi connectivity index (χ1n) is 6.85. The number of amides is 1. The Bertz CT molecular complexity index is 856. The Balaban J connectivity index is 1.64. The summed E-state index contributed by atoms with van der Waals surface area (Å²) in [5.41, 5.74) is 2.42. The van der Waals surface area contributed by atoms with Gasteiger partial charge < -0.3 is 10.3 Å². The van der Waals surface area contributed by atoms with Crippen molar-refractivity contribution in [2.45, 2.75) is 13.0 Å². The maximum Gasteiger partial charge on any atom is 0.227 e. The Morgan fingerprint density at radius 3 is 2.52 bits per heavy atom. The number of carbonyl (C=O) groups excluding carboxylic acids is 1. The average molecular weight is 369 g/mol. The summed E-state index contributed by atoms with van der Waals surface area (Å²) >= 11 is 17.8. The van der Waals surface area contributed by atoms with Crippen LogP contribution in [0.4, 0.5) is 0 Å². The van der Waals surface area contributed by atoms with Crippen molar-refractivity contribution >= 4 is 51.7 Å². The summed E-state index contributed by atoms with van der Waals surface area (Å²) < 4.78 is 0. The predicted octanol–water partition coefficient (Wildman–Crippen LogP) is 4.38. The van der Waals surface area contributed by atoms with Gasteiger partial charge in [0, 0.05) is 21.6 Å². The van der Waals surface area contributed by atoms with Gasteiger partial charge in [-0.15, -0.1) is 0 Å². The summed E-state index contributed by atoms with van der Waals surface area (Å²) in [5.74, 6) is 0.440. The molecular weight excluding hydrogens is 357 g/mol. The highest BCUT2D eigenvalue weighted by Crippen LogP contribution is 2.19. The molecule has 0 spiro atoms.